The van der Waals surface area contributed by atoms with Gasteiger partial charge >= 0.3 is 6.03 Å². The van der Waals surface area contributed by atoms with E-state index in [1.165, 1.54) is 0 Å². The molecule has 156 valence electrons. The lowest BCUT2D eigenvalue weighted by Gasteiger charge is -2.28. The molecule has 1 aromatic carbocycles. The Bertz CT molecular complexity index is 834. The number of nitrogens with zero attached hydrogens (tertiary/aromatic N) is 2. The van der Waals surface area contributed by atoms with Crippen molar-refractivity contribution < 1.29 is 23.9 Å². The van der Waals surface area contributed by atoms with Crippen molar-refractivity contribution in [3.8, 4) is 11.5 Å². The van der Waals surface area contributed by atoms with E-state index in [2.05, 4.69) is 5.32 Å². The quantitative estimate of drug-likeness (QED) is 0.765. The molecule has 0 unspecified atom stereocenters. The summed E-state index contributed by atoms with van der Waals surface area (Å²) in [5, 5.41) is 2.83. The van der Waals surface area contributed by atoms with Gasteiger partial charge in [0, 0.05) is 18.2 Å². The molecule has 8 heteroatoms. The largest absolute Gasteiger partial charge is 0.497 e. The number of imide groups is 1. The molecule has 1 aliphatic carbocycles. The zero-order valence-electron chi connectivity index (χ0n) is 16.9. The second kappa shape index (κ2) is 7.57. The number of urea groups is 1. The van der Waals surface area contributed by atoms with E-state index in [1.54, 1.807) is 25.2 Å². The maximum absolute atomic E-state index is 13.1. The molecule has 1 aromatic rings. The molecule has 3 fully saturated rings. The second-order valence-corrected chi connectivity index (χ2v) is 7.96. The maximum atomic E-state index is 13.1. The molecule has 1 saturated carbocycles. The summed E-state index contributed by atoms with van der Waals surface area (Å²) in [6, 6.07) is 4.96. The zero-order chi connectivity index (χ0) is 20.6. The van der Waals surface area contributed by atoms with E-state index >= 15 is 0 Å². The minimum absolute atomic E-state index is 0.149. The van der Waals surface area contributed by atoms with Crippen molar-refractivity contribution in [3.05, 3.63) is 23.8 Å². The SMILES string of the molecule is COc1ccc([C@H]2CCCN2C(=O)CN2C(=O)NC3(CCCC3)C2=O)c(OC)c1. The fraction of sp³-hybridized carbons (Fsp3) is 0.571. The number of benzene rings is 1. The molecule has 4 rings (SSSR count). The average Bonchev–Trinajstić information content (AvgIpc) is 3.45. The van der Waals surface area contributed by atoms with Crippen molar-refractivity contribution in [2.24, 2.45) is 0 Å². The smallest absolute Gasteiger partial charge is 0.325 e. The van der Waals surface area contributed by atoms with Gasteiger partial charge in [-0.3, -0.25) is 14.5 Å². The first kappa shape index (κ1) is 19.5. The van der Waals surface area contributed by atoms with Gasteiger partial charge in [0.25, 0.3) is 5.91 Å². The molecule has 3 aliphatic rings. The predicted octanol–water partition coefficient (Wildman–Crippen LogP) is 2.23. The fourth-order valence-corrected chi connectivity index (χ4v) is 4.85. The van der Waals surface area contributed by atoms with Gasteiger partial charge in [-0.05, 0) is 37.8 Å². The van der Waals surface area contributed by atoms with E-state index in [-0.39, 0.29) is 24.4 Å². The topological polar surface area (TPSA) is 88.2 Å². The van der Waals surface area contributed by atoms with E-state index < -0.39 is 11.6 Å². The van der Waals surface area contributed by atoms with Crippen LogP contribution < -0.4 is 14.8 Å². The van der Waals surface area contributed by atoms with E-state index in [1.807, 2.05) is 12.1 Å². The highest BCUT2D eigenvalue weighted by Gasteiger charge is 2.53. The zero-order valence-corrected chi connectivity index (χ0v) is 16.9. The highest BCUT2D eigenvalue weighted by molar-refractivity contribution is 6.09. The molecular formula is C21H27N3O5. The van der Waals surface area contributed by atoms with E-state index in [0.29, 0.717) is 30.9 Å². The van der Waals surface area contributed by atoms with Crippen LogP contribution in [0.2, 0.25) is 0 Å². The number of hydrogen-bond acceptors (Lipinski definition) is 5. The van der Waals surface area contributed by atoms with Crippen LogP contribution in [0.4, 0.5) is 4.79 Å². The number of nitrogens with one attached hydrogen (secondary N) is 1. The molecule has 2 saturated heterocycles. The van der Waals surface area contributed by atoms with E-state index in [4.69, 9.17) is 9.47 Å². The van der Waals surface area contributed by atoms with Gasteiger partial charge < -0.3 is 19.7 Å². The van der Waals surface area contributed by atoms with Gasteiger partial charge in [-0.15, -0.1) is 0 Å². The summed E-state index contributed by atoms with van der Waals surface area (Å²) >= 11 is 0. The van der Waals surface area contributed by atoms with Gasteiger partial charge in [-0.25, -0.2) is 4.79 Å². The minimum Gasteiger partial charge on any atom is -0.497 e. The molecule has 8 nitrogen and oxygen atoms in total. The van der Waals surface area contributed by atoms with Crippen LogP contribution in [0.1, 0.15) is 50.1 Å². The Labute approximate surface area is 170 Å². The highest BCUT2D eigenvalue weighted by atomic mass is 16.5. The molecule has 0 bridgehead atoms. The Morgan fingerprint density at radius 1 is 1.17 bits per heavy atom. The summed E-state index contributed by atoms with van der Waals surface area (Å²) in [7, 11) is 3.18. The molecule has 0 radical (unpaired) electrons. The molecule has 0 aromatic heterocycles. The molecule has 29 heavy (non-hydrogen) atoms. The monoisotopic (exact) mass is 401 g/mol. The second-order valence-electron chi connectivity index (χ2n) is 7.96. The van der Waals surface area contributed by atoms with Crippen LogP contribution in [-0.2, 0) is 9.59 Å². The van der Waals surface area contributed by atoms with Gasteiger partial charge in [0.2, 0.25) is 5.91 Å². The highest BCUT2D eigenvalue weighted by Crippen LogP contribution is 2.39. The summed E-state index contributed by atoms with van der Waals surface area (Å²) in [4.78, 5) is 41.2. The third-order valence-corrected chi connectivity index (χ3v) is 6.37. The Balaban J connectivity index is 1.52. The number of amides is 4. The van der Waals surface area contributed by atoms with Crippen molar-refractivity contribution in [2.75, 3.05) is 27.3 Å². The lowest BCUT2D eigenvalue weighted by Crippen LogP contribution is -2.46. The van der Waals surface area contributed by atoms with Crippen molar-refractivity contribution in [2.45, 2.75) is 50.1 Å². The normalized spacial score (nSPS) is 23.0. The van der Waals surface area contributed by atoms with E-state index in [9.17, 15) is 14.4 Å². The predicted molar refractivity (Wildman–Crippen MR) is 105 cm³/mol. The first-order valence-electron chi connectivity index (χ1n) is 10.1. The number of likely N-dealkylation sites (tertiary alicyclic amines) is 1. The molecule has 2 aliphatic heterocycles. The summed E-state index contributed by atoms with van der Waals surface area (Å²) in [5.41, 5.74) is 0.115. The number of methoxy groups -OCH3 is 2. The fourth-order valence-electron chi connectivity index (χ4n) is 4.85. The van der Waals surface area contributed by atoms with Crippen LogP contribution in [0.5, 0.6) is 11.5 Å². The van der Waals surface area contributed by atoms with Gasteiger partial charge in [0.05, 0.1) is 20.3 Å². The number of rotatable bonds is 5. The molecule has 2 heterocycles. The lowest BCUT2D eigenvalue weighted by atomic mass is 9.98. The molecule has 4 amide bonds. The van der Waals surface area contributed by atoms with Crippen molar-refractivity contribution in [1.29, 1.82) is 0 Å². The molecule has 1 N–H and O–H groups in total. The Morgan fingerprint density at radius 2 is 1.93 bits per heavy atom. The summed E-state index contributed by atoms with van der Waals surface area (Å²) in [6.45, 7) is 0.370. The van der Waals surface area contributed by atoms with Gasteiger partial charge in [-0.2, -0.15) is 0 Å². The summed E-state index contributed by atoms with van der Waals surface area (Å²) in [6.07, 6.45) is 4.79. The minimum atomic E-state index is -0.791. The Hall–Kier alpha value is -2.77. The Kier molecular flexibility index (Phi) is 5.10. The first-order valence-corrected chi connectivity index (χ1v) is 10.1. The van der Waals surface area contributed by atoms with Crippen molar-refractivity contribution in [3.63, 3.8) is 0 Å². The molecule has 1 spiro atoms. The van der Waals surface area contributed by atoms with E-state index in [0.717, 1.165) is 36.1 Å². The summed E-state index contributed by atoms with van der Waals surface area (Å²) in [5.74, 6) is 0.867. The first-order chi connectivity index (χ1) is 14.0. The van der Waals surface area contributed by atoms with Crippen LogP contribution in [0.3, 0.4) is 0 Å². The average molecular weight is 401 g/mol. The molecular weight excluding hydrogens is 374 g/mol. The van der Waals surface area contributed by atoms with Crippen LogP contribution in [-0.4, -0.2) is 60.5 Å². The Morgan fingerprint density at radius 3 is 2.62 bits per heavy atom. The van der Waals surface area contributed by atoms with Gasteiger partial charge in [0.15, 0.2) is 0 Å². The lowest BCUT2D eigenvalue weighted by molar-refractivity contribution is -0.139. The number of ether oxygens (including phenoxy) is 2. The standard InChI is InChI=1S/C21H27N3O5/c1-28-14-7-8-15(17(12-14)29-2)16-6-5-11-23(16)18(25)13-24-19(26)21(22-20(24)27)9-3-4-10-21/h7-8,12,16H,3-6,9-11,13H2,1-2H3,(H,22,27)/t16-/m1/s1. The number of carbonyl (C=O) groups excluding carboxylic acids is 3. The van der Waals surface area contributed by atoms with Crippen molar-refractivity contribution >= 4 is 17.8 Å². The van der Waals surface area contributed by atoms with Crippen LogP contribution in [0.25, 0.3) is 0 Å². The van der Waals surface area contributed by atoms with Crippen LogP contribution >= 0.6 is 0 Å². The van der Waals surface area contributed by atoms with Crippen molar-refractivity contribution in [1.82, 2.24) is 15.1 Å². The number of carbonyl (C=O) groups is 3. The maximum Gasteiger partial charge on any atom is 0.325 e. The van der Waals surface area contributed by atoms with Gasteiger partial charge in [0.1, 0.15) is 23.6 Å². The van der Waals surface area contributed by atoms with Gasteiger partial charge in [-0.1, -0.05) is 12.8 Å². The molecule has 1 atom stereocenters. The number of hydrogen-bond donors (Lipinski definition) is 1. The third kappa shape index (κ3) is 3.30. The van der Waals surface area contributed by atoms with Crippen LogP contribution in [0, 0.1) is 0 Å². The van der Waals surface area contributed by atoms with Crippen LogP contribution in [0.15, 0.2) is 18.2 Å². The third-order valence-electron chi connectivity index (χ3n) is 6.37. The summed E-state index contributed by atoms with van der Waals surface area (Å²) < 4.78 is 10.8.